The summed E-state index contributed by atoms with van der Waals surface area (Å²) in [6, 6.07) is 0. The van der Waals surface area contributed by atoms with Gasteiger partial charge in [-0.05, 0) is 32.7 Å². The molecule has 0 saturated carbocycles. The molecule has 0 aliphatic heterocycles. The first-order chi connectivity index (χ1) is 5.41. The Labute approximate surface area is 69.4 Å². The largest absolute Gasteiger partial charge is 0.377 e. The van der Waals surface area contributed by atoms with Gasteiger partial charge in [0, 0.05) is 6.61 Å². The van der Waals surface area contributed by atoms with Gasteiger partial charge in [0.2, 0.25) is 0 Å². The molecule has 0 amide bonds. The number of allylic oxidation sites excluding steroid dienone is 1. The maximum Gasteiger partial charge on any atom is 0.0647 e. The summed E-state index contributed by atoms with van der Waals surface area (Å²) in [7, 11) is 0. The third kappa shape index (κ3) is 9.66. The Morgan fingerprint density at radius 1 is 1.27 bits per heavy atom. The molecule has 0 aliphatic carbocycles. The molecule has 0 aliphatic rings. The molecule has 0 fully saturated rings. The lowest BCUT2D eigenvalue weighted by Crippen LogP contribution is -2.00. The van der Waals surface area contributed by atoms with E-state index in [2.05, 4.69) is 0 Å². The van der Waals surface area contributed by atoms with Crippen molar-refractivity contribution in [3.8, 4) is 0 Å². The molecule has 0 aromatic rings. The van der Waals surface area contributed by atoms with Crippen LogP contribution in [0.3, 0.4) is 0 Å². The van der Waals surface area contributed by atoms with E-state index in [1.54, 1.807) is 0 Å². The highest BCUT2D eigenvalue weighted by molar-refractivity contribution is 4.75. The molecule has 66 valence electrons. The van der Waals surface area contributed by atoms with Gasteiger partial charge in [-0.1, -0.05) is 12.2 Å². The Bertz CT molecular complexity index is 91.6. The average molecular weight is 157 g/mol. The first-order valence-corrected chi connectivity index (χ1v) is 4.30. The SMILES string of the molecule is CC=CCOCCCCCN. The van der Waals surface area contributed by atoms with E-state index in [0.29, 0.717) is 0 Å². The Kier molecular flexibility index (Phi) is 9.36. The van der Waals surface area contributed by atoms with E-state index < -0.39 is 0 Å². The van der Waals surface area contributed by atoms with E-state index in [0.717, 1.165) is 32.6 Å². The standard InChI is InChI=1S/C9H19NO/c1-2-3-8-11-9-6-4-5-7-10/h2-3H,4-10H2,1H3. The van der Waals surface area contributed by atoms with Gasteiger partial charge in [-0.15, -0.1) is 0 Å². The van der Waals surface area contributed by atoms with E-state index in [1.165, 1.54) is 6.42 Å². The van der Waals surface area contributed by atoms with E-state index in [9.17, 15) is 0 Å². The van der Waals surface area contributed by atoms with Gasteiger partial charge in [-0.25, -0.2) is 0 Å². The number of ether oxygens (including phenoxy) is 1. The number of hydrogen-bond donors (Lipinski definition) is 1. The number of rotatable bonds is 7. The maximum atomic E-state index is 5.34. The van der Waals surface area contributed by atoms with E-state index in [1.807, 2.05) is 19.1 Å². The predicted molar refractivity (Wildman–Crippen MR) is 48.5 cm³/mol. The average Bonchev–Trinajstić information content (AvgIpc) is 2.03. The van der Waals surface area contributed by atoms with Crippen molar-refractivity contribution in [3.05, 3.63) is 12.2 Å². The molecular weight excluding hydrogens is 138 g/mol. The van der Waals surface area contributed by atoms with Crippen LogP contribution in [0.15, 0.2) is 12.2 Å². The van der Waals surface area contributed by atoms with Gasteiger partial charge in [0.25, 0.3) is 0 Å². The molecule has 0 aromatic heterocycles. The fraction of sp³-hybridized carbons (Fsp3) is 0.778. The minimum atomic E-state index is 0.749. The zero-order valence-corrected chi connectivity index (χ0v) is 7.38. The van der Waals surface area contributed by atoms with Gasteiger partial charge in [-0.2, -0.15) is 0 Å². The summed E-state index contributed by atoms with van der Waals surface area (Å²) in [6.45, 7) is 4.41. The Hall–Kier alpha value is -0.340. The molecule has 0 radical (unpaired) electrons. The summed E-state index contributed by atoms with van der Waals surface area (Å²) in [4.78, 5) is 0. The van der Waals surface area contributed by atoms with Gasteiger partial charge >= 0.3 is 0 Å². The lowest BCUT2D eigenvalue weighted by molar-refractivity contribution is 0.157. The van der Waals surface area contributed by atoms with Crippen LogP contribution < -0.4 is 5.73 Å². The third-order valence-electron chi connectivity index (χ3n) is 1.44. The maximum absolute atomic E-state index is 5.34. The molecule has 0 bridgehead atoms. The van der Waals surface area contributed by atoms with Crippen LogP contribution in [0, 0.1) is 0 Å². The van der Waals surface area contributed by atoms with Crippen molar-refractivity contribution in [1.82, 2.24) is 0 Å². The molecule has 11 heavy (non-hydrogen) atoms. The van der Waals surface area contributed by atoms with Crippen LogP contribution in [0.5, 0.6) is 0 Å². The van der Waals surface area contributed by atoms with Crippen LogP contribution in [0.1, 0.15) is 26.2 Å². The van der Waals surface area contributed by atoms with Crippen LogP contribution in [0.25, 0.3) is 0 Å². The quantitative estimate of drug-likeness (QED) is 0.451. The summed E-state index contributed by atoms with van der Waals surface area (Å²) >= 11 is 0. The van der Waals surface area contributed by atoms with Gasteiger partial charge in [0.1, 0.15) is 0 Å². The van der Waals surface area contributed by atoms with Crippen molar-refractivity contribution < 1.29 is 4.74 Å². The normalized spacial score (nSPS) is 11.1. The molecule has 0 rings (SSSR count). The predicted octanol–water partition coefficient (Wildman–Crippen LogP) is 1.71. The highest BCUT2D eigenvalue weighted by atomic mass is 16.5. The summed E-state index contributed by atoms with van der Waals surface area (Å²) in [5.74, 6) is 0. The summed E-state index contributed by atoms with van der Waals surface area (Å²) in [6.07, 6.45) is 7.46. The van der Waals surface area contributed by atoms with Gasteiger partial charge < -0.3 is 10.5 Å². The fourth-order valence-corrected chi connectivity index (χ4v) is 0.773. The van der Waals surface area contributed by atoms with E-state index in [4.69, 9.17) is 10.5 Å². The summed E-state index contributed by atoms with van der Waals surface area (Å²) < 4.78 is 5.29. The molecule has 0 atom stereocenters. The molecule has 0 heterocycles. The highest BCUT2D eigenvalue weighted by Gasteiger charge is 1.86. The second-order valence-corrected chi connectivity index (χ2v) is 2.49. The molecule has 2 nitrogen and oxygen atoms in total. The molecule has 2 N–H and O–H groups in total. The summed E-state index contributed by atoms with van der Waals surface area (Å²) in [5.41, 5.74) is 5.34. The second-order valence-electron chi connectivity index (χ2n) is 2.49. The first kappa shape index (κ1) is 10.7. The van der Waals surface area contributed by atoms with Crippen LogP contribution in [-0.2, 0) is 4.74 Å². The zero-order chi connectivity index (χ0) is 8.36. The zero-order valence-electron chi connectivity index (χ0n) is 7.38. The van der Waals surface area contributed by atoms with E-state index >= 15 is 0 Å². The molecule has 0 unspecified atom stereocenters. The Morgan fingerprint density at radius 3 is 2.73 bits per heavy atom. The Morgan fingerprint density at radius 2 is 2.09 bits per heavy atom. The van der Waals surface area contributed by atoms with Crippen molar-refractivity contribution in [1.29, 1.82) is 0 Å². The number of unbranched alkanes of at least 4 members (excludes halogenated alkanes) is 2. The van der Waals surface area contributed by atoms with E-state index in [-0.39, 0.29) is 0 Å². The van der Waals surface area contributed by atoms with Gasteiger partial charge in [0.15, 0.2) is 0 Å². The second kappa shape index (κ2) is 9.66. The fourth-order valence-electron chi connectivity index (χ4n) is 0.773. The molecule has 0 saturated heterocycles. The van der Waals surface area contributed by atoms with Crippen LogP contribution in [0.4, 0.5) is 0 Å². The Balaban J connectivity index is 2.79. The highest BCUT2D eigenvalue weighted by Crippen LogP contribution is 1.93. The van der Waals surface area contributed by atoms with Crippen molar-refractivity contribution in [3.63, 3.8) is 0 Å². The van der Waals surface area contributed by atoms with Gasteiger partial charge in [-0.3, -0.25) is 0 Å². The lowest BCUT2D eigenvalue weighted by Gasteiger charge is -1.99. The first-order valence-electron chi connectivity index (χ1n) is 4.30. The van der Waals surface area contributed by atoms with Crippen molar-refractivity contribution in [2.24, 2.45) is 5.73 Å². The minimum absolute atomic E-state index is 0.749. The molecule has 2 heteroatoms. The smallest absolute Gasteiger partial charge is 0.0647 e. The van der Waals surface area contributed by atoms with Crippen LogP contribution in [-0.4, -0.2) is 19.8 Å². The van der Waals surface area contributed by atoms with Crippen molar-refractivity contribution >= 4 is 0 Å². The molecule has 0 aromatic carbocycles. The van der Waals surface area contributed by atoms with Crippen LogP contribution >= 0.6 is 0 Å². The van der Waals surface area contributed by atoms with Crippen molar-refractivity contribution in [2.45, 2.75) is 26.2 Å². The van der Waals surface area contributed by atoms with Crippen molar-refractivity contribution in [2.75, 3.05) is 19.8 Å². The minimum Gasteiger partial charge on any atom is -0.377 e. The number of hydrogen-bond acceptors (Lipinski definition) is 2. The third-order valence-corrected chi connectivity index (χ3v) is 1.44. The topological polar surface area (TPSA) is 35.2 Å². The molecule has 0 spiro atoms. The lowest BCUT2D eigenvalue weighted by atomic mass is 10.2. The van der Waals surface area contributed by atoms with Gasteiger partial charge in [0.05, 0.1) is 6.61 Å². The van der Waals surface area contributed by atoms with Crippen LogP contribution in [0.2, 0.25) is 0 Å². The number of nitrogens with two attached hydrogens (primary N) is 1. The summed E-state index contributed by atoms with van der Waals surface area (Å²) in [5, 5.41) is 0. The monoisotopic (exact) mass is 157 g/mol. The molecular formula is C9H19NO.